The van der Waals surface area contributed by atoms with Gasteiger partial charge in [0.15, 0.2) is 0 Å². The Bertz CT molecular complexity index is 495. The molecule has 5 nitrogen and oxygen atoms in total. The largest absolute Gasteiger partial charge is 0.445 e. The Morgan fingerprint density at radius 2 is 1.96 bits per heavy atom. The highest BCUT2D eigenvalue weighted by molar-refractivity contribution is 7.98. The van der Waals surface area contributed by atoms with Crippen LogP contribution in [0.3, 0.4) is 0 Å². The van der Waals surface area contributed by atoms with Crippen molar-refractivity contribution >= 4 is 23.6 Å². The van der Waals surface area contributed by atoms with E-state index in [2.05, 4.69) is 11.6 Å². The topological polar surface area (TPSA) is 64.6 Å². The van der Waals surface area contributed by atoms with E-state index >= 15 is 0 Å². The monoisotopic (exact) mass is 367 g/mol. The van der Waals surface area contributed by atoms with E-state index in [1.165, 1.54) is 0 Å². The third-order valence-electron chi connectivity index (χ3n) is 3.74. The summed E-state index contributed by atoms with van der Waals surface area (Å²) in [6, 6.07) is 9.52. The maximum Gasteiger partial charge on any atom is 0.407 e. The second-order valence-corrected chi connectivity index (χ2v) is 6.84. The zero-order valence-electron chi connectivity index (χ0n) is 15.2. The van der Waals surface area contributed by atoms with Crippen LogP contribution in [0, 0.1) is 5.92 Å². The maximum atomic E-state index is 11.9. The number of carbonyl (C=O) groups excluding carboxylic acids is 2. The van der Waals surface area contributed by atoms with Crippen LogP contribution >= 0.6 is 11.8 Å². The van der Waals surface area contributed by atoms with Gasteiger partial charge in [0.1, 0.15) is 12.4 Å². The highest BCUT2D eigenvalue weighted by Gasteiger charge is 2.11. The first-order valence-corrected chi connectivity index (χ1v) is 10.1. The fraction of sp³-hybridized carbons (Fsp3) is 0.579. The first kappa shape index (κ1) is 21.5. The van der Waals surface area contributed by atoms with Crippen molar-refractivity contribution in [2.75, 3.05) is 31.8 Å². The molecule has 0 spiro atoms. The third-order valence-corrected chi connectivity index (χ3v) is 4.39. The second-order valence-electron chi connectivity index (χ2n) is 5.85. The summed E-state index contributed by atoms with van der Waals surface area (Å²) >= 11 is 1.77. The van der Waals surface area contributed by atoms with E-state index in [1.807, 2.05) is 37.3 Å². The Morgan fingerprint density at radius 1 is 1.20 bits per heavy atom. The molecule has 6 heteroatoms. The predicted octanol–water partition coefficient (Wildman–Crippen LogP) is 3.67. The Labute approximate surface area is 154 Å². The van der Waals surface area contributed by atoms with Gasteiger partial charge in [-0.2, -0.15) is 11.8 Å². The average Bonchev–Trinajstić information content (AvgIpc) is 2.64. The van der Waals surface area contributed by atoms with Gasteiger partial charge in [0, 0.05) is 25.5 Å². The van der Waals surface area contributed by atoms with E-state index in [1.54, 1.807) is 11.8 Å². The molecule has 0 bridgehead atoms. The Balaban J connectivity index is 1.96. The van der Waals surface area contributed by atoms with Crippen molar-refractivity contribution in [3.05, 3.63) is 35.9 Å². The summed E-state index contributed by atoms with van der Waals surface area (Å²) in [4.78, 5) is 23.4. The number of amides is 1. The first-order chi connectivity index (χ1) is 12.1. The van der Waals surface area contributed by atoms with Gasteiger partial charge >= 0.3 is 6.09 Å². The third kappa shape index (κ3) is 10.8. The van der Waals surface area contributed by atoms with Crippen LogP contribution in [0.4, 0.5) is 4.79 Å². The first-order valence-electron chi connectivity index (χ1n) is 8.67. The van der Waals surface area contributed by atoms with Crippen LogP contribution in [0.25, 0.3) is 0 Å². The fourth-order valence-electron chi connectivity index (χ4n) is 2.15. The van der Waals surface area contributed by atoms with Crippen molar-refractivity contribution in [2.24, 2.45) is 5.92 Å². The number of ketones is 1. The van der Waals surface area contributed by atoms with E-state index in [9.17, 15) is 9.59 Å². The molecule has 0 aliphatic heterocycles. The number of carbonyl (C=O) groups is 2. The zero-order chi connectivity index (χ0) is 18.3. The van der Waals surface area contributed by atoms with Crippen LogP contribution in [0.5, 0.6) is 0 Å². The average molecular weight is 368 g/mol. The Kier molecular flexibility index (Phi) is 11.8. The van der Waals surface area contributed by atoms with Crippen LogP contribution < -0.4 is 5.32 Å². The molecule has 0 fully saturated rings. The molecule has 0 heterocycles. The molecule has 1 rings (SSSR count). The molecule has 25 heavy (non-hydrogen) atoms. The molecular formula is C19H29NO4S. The molecule has 140 valence electrons. The van der Waals surface area contributed by atoms with E-state index in [0.29, 0.717) is 32.0 Å². The van der Waals surface area contributed by atoms with Crippen LogP contribution in [-0.2, 0) is 20.9 Å². The standard InChI is InChI=1S/C19H29NO4S/c1-16(10-14-25-2)18(21)9-6-12-23-13-11-20-19(22)24-15-17-7-4-3-5-8-17/h3-5,7-8,16H,6,9-15H2,1-2H3,(H,20,22)/t16-/m0/s1. The van der Waals surface area contributed by atoms with Crippen LogP contribution in [0.15, 0.2) is 30.3 Å². The highest BCUT2D eigenvalue weighted by atomic mass is 32.2. The van der Waals surface area contributed by atoms with E-state index in [-0.39, 0.29) is 12.5 Å². The molecule has 0 aliphatic rings. The van der Waals surface area contributed by atoms with Crippen LogP contribution in [-0.4, -0.2) is 43.6 Å². The molecule has 0 unspecified atom stereocenters. The normalized spacial score (nSPS) is 11.8. The number of ether oxygens (including phenoxy) is 2. The molecule has 1 amide bonds. The number of rotatable bonds is 13. The minimum atomic E-state index is -0.453. The lowest BCUT2D eigenvalue weighted by Gasteiger charge is -2.10. The number of hydrogen-bond acceptors (Lipinski definition) is 5. The van der Waals surface area contributed by atoms with E-state index in [0.717, 1.165) is 24.2 Å². The van der Waals surface area contributed by atoms with Gasteiger partial charge in [-0.05, 0) is 30.4 Å². The van der Waals surface area contributed by atoms with Crippen LogP contribution in [0.2, 0.25) is 0 Å². The number of hydrogen-bond donors (Lipinski definition) is 1. The van der Waals surface area contributed by atoms with Gasteiger partial charge in [-0.15, -0.1) is 0 Å². The Morgan fingerprint density at radius 3 is 2.68 bits per heavy atom. The predicted molar refractivity (Wildman–Crippen MR) is 102 cm³/mol. The molecule has 0 aliphatic carbocycles. The van der Waals surface area contributed by atoms with Crippen LogP contribution in [0.1, 0.15) is 31.7 Å². The summed E-state index contributed by atoms with van der Waals surface area (Å²) < 4.78 is 10.5. The fourth-order valence-corrected chi connectivity index (χ4v) is 2.74. The van der Waals surface area contributed by atoms with Gasteiger partial charge in [-0.25, -0.2) is 4.79 Å². The molecular weight excluding hydrogens is 338 g/mol. The lowest BCUT2D eigenvalue weighted by molar-refractivity contribution is -0.122. The van der Waals surface area contributed by atoms with Crippen molar-refractivity contribution < 1.29 is 19.1 Å². The van der Waals surface area contributed by atoms with Crippen molar-refractivity contribution in [3.8, 4) is 0 Å². The highest BCUT2D eigenvalue weighted by Crippen LogP contribution is 2.11. The van der Waals surface area contributed by atoms with Gasteiger partial charge in [0.2, 0.25) is 0 Å². The van der Waals surface area contributed by atoms with Gasteiger partial charge in [0.05, 0.1) is 6.61 Å². The summed E-state index contributed by atoms with van der Waals surface area (Å²) in [5, 5.41) is 2.64. The molecule has 0 aromatic heterocycles. The number of Topliss-reactive ketones (excluding diaryl/α,β-unsaturated/α-hetero) is 1. The molecule has 0 radical (unpaired) electrons. The van der Waals surface area contributed by atoms with Crippen molar-refractivity contribution in [1.82, 2.24) is 5.32 Å². The number of thioether (sulfide) groups is 1. The van der Waals surface area contributed by atoms with Gasteiger partial charge in [-0.1, -0.05) is 37.3 Å². The summed E-state index contributed by atoms with van der Waals surface area (Å²) in [6.07, 6.45) is 3.82. The number of nitrogens with one attached hydrogen (secondary N) is 1. The zero-order valence-corrected chi connectivity index (χ0v) is 16.0. The number of alkyl carbamates (subject to hydrolysis) is 1. The minimum Gasteiger partial charge on any atom is -0.445 e. The molecule has 1 atom stereocenters. The van der Waals surface area contributed by atoms with Crippen molar-refractivity contribution in [1.29, 1.82) is 0 Å². The minimum absolute atomic E-state index is 0.133. The quantitative estimate of drug-likeness (QED) is 0.539. The molecule has 1 aromatic carbocycles. The van der Waals surface area contributed by atoms with Crippen molar-refractivity contribution in [2.45, 2.75) is 32.8 Å². The number of benzene rings is 1. The Hall–Kier alpha value is -1.53. The maximum absolute atomic E-state index is 11.9. The molecule has 0 saturated heterocycles. The lowest BCUT2D eigenvalue weighted by Crippen LogP contribution is -2.28. The van der Waals surface area contributed by atoms with Gasteiger partial charge in [0.25, 0.3) is 0 Å². The smallest absolute Gasteiger partial charge is 0.407 e. The van der Waals surface area contributed by atoms with E-state index < -0.39 is 6.09 Å². The molecule has 0 saturated carbocycles. The lowest BCUT2D eigenvalue weighted by atomic mass is 10.00. The van der Waals surface area contributed by atoms with E-state index in [4.69, 9.17) is 9.47 Å². The molecule has 1 N–H and O–H groups in total. The summed E-state index contributed by atoms with van der Waals surface area (Å²) in [7, 11) is 0. The second kappa shape index (κ2) is 13.7. The van der Waals surface area contributed by atoms with Gasteiger partial charge < -0.3 is 14.8 Å². The summed E-state index contributed by atoms with van der Waals surface area (Å²) in [6.45, 7) is 3.58. The molecule has 1 aromatic rings. The SMILES string of the molecule is CSCC[C@H](C)C(=O)CCCOCCNC(=O)OCc1ccccc1. The van der Waals surface area contributed by atoms with Crippen molar-refractivity contribution in [3.63, 3.8) is 0 Å². The summed E-state index contributed by atoms with van der Waals surface area (Å²) in [5.41, 5.74) is 0.949. The summed E-state index contributed by atoms with van der Waals surface area (Å²) in [5.74, 6) is 1.46. The van der Waals surface area contributed by atoms with Gasteiger partial charge in [-0.3, -0.25) is 4.79 Å².